The second-order valence-electron chi connectivity index (χ2n) is 10.0. The van der Waals surface area contributed by atoms with E-state index in [-0.39, 0.29) is 5.91 Å². The summed E-state index contributed by atoms with van der Waals surface area (Å²) in [5.41, 5.74) is 6.79. The number of nitrogens with zero attached hydrogens (tertiary/aromatic N) is 5. The van der Waals surface area contributed by atoms with Crippen molar-refractivity contribution in [3.8, 4) is 11.4 Å². The summed E-state index contributed by atoms with van der Waals surface area (Å²) in [6.07, 6.45) is 6.96. The number of rotatable bonds is 6. The fourth-order valence-corrected chi connectivity index (χ4v) is 5.38. The van der Waals surface area contributed by atoms with Gasteiger partial charge < -0.3 is 14.6 Å². The van der Waals surface area contributed by atoms with Gasteiger partial charge >= 0.3 is 0 Å². The fourth-order valence-electron chi connectivity index (χ4n) is 5.38. The first-order valence-electron chi connectivity index (χ1n) is 13.3. The highest BCUT2D eigenvalue weighted by Gasteiger charge is 2.25. The zero-order valence-electron chi connectivity index (χ0n) is 21.6. The Bertz CT molecular complexity index is 1450. The van der Waals surface area contributed by atoms with E-state index < -0.39 is 0 Å². The van der Waals surface area contributed by atoms with Crippen molar-refractivity contribution in [1.82, 2.24) is 24.4 Å². The van der Waals surface area contributed by atoms with Crippen LogP contribution >= 0.6 is 0 Å². The molecule has 2 aromatic carbocycles. The van der Waals surface area contributed by atoms with Crippen LogP contribution < -0.4 is 5.32 Å². The molecule has 6 rings (SSSR count). The van der Waals surface area contributed by atoms with Crippen LogP contribution in [-0.4, -0.2) is 56.6 Å². The molecule has 1 fully saturated rings. The molecule has 0 aliphatic carbocycles. The summed E-state index contributed by atoms with van der Waals surface area (Å²) in [7, 11) is 0. The number of imidazole rings is 1. The number of hydrogen-bond acceptors (Lipinski definition) is 6. The van der Waals surface area contributed by atoms with Gasteiger partial charge in [0, 0.05) is 43.9 Å². The van der Waals surface area contributed by atoms with Gasteiger partial charge in [0.15, 0.2) is 11.5 Å². The Morgan fingerprint density at radius 2 is 1.84 bits per heavy atom. The highest BCUT2D eigenvalue weighted by atomic mass is 16.5. The van der Waals surface area contributed by atoms with Crippen molar-refractivity contribution in [2.24, 2.45) is 0 Å². The summed E-state index contributed by atoms with van der Waals surface area (Å²) in [4.78, 5) is 28.8. The lowest BCUT2D eigenvalue weighted by atomic mass is 10.0. The number of benzene rings is 2. The Morgan fingerprint density at radius 3 is 2.55 bits per heavy atom. The van der Waals surface area contributed by atoms with Gasteiger partial charge in [-0.1, -0.05) is 36.4 Å². The zero-order valence-corrected chi connectivity index (χ0v) is 21.6. The lowest BCUT2D eigenvalue weighted by Gasteiger charge is -2.32. The molecule has 38 heavy (non-hydrogen) atoms. The highest BCUT2D eigenvalue weighted by molar-refractivity contribution is 5.89. The van der Waals surface area contributed by atoms with E-state index in [1.54, 1.807) is 0 Å². The van der Waals surface area contributed by atoms with Crippen LogP contribution in [-0.2, 0) is 16.1 Å². The number of anilines is 1. The number of piperidine rings is 1. The first-order valence-corrected chi connectivity index (χ1v) is 13.3. The number of hydrogen-bond donors (Lipinski definition) is 1. The number of nitrogens with one attached hydrogen (secondary N) is 1. The van der Waals surface area contributed by atoms with Gasteiger partial charge in [0.25, 0.3) is 0 Å². The number of aromatic nitrogens is 4. The topological polar surface area (TPSA) is 85.2 Å². The van der Waals surface area contributed by atoms with E-state index in [1.807, 2.05) is 30.6 Å². The molecule has 0 atom stereocenters. The smallest absolute Gasteiger partial charge is 0.221 e. The molecule has 2 aliphatic rings. The van der Waals surface area contributed by atoms with Crippen molar-refractivity contribution in [3.05, 3.63) is 78.3 Å². The maximum atomic E-state index is 11.4. The summed E-state index contributed by atoms with van der Waals surface area (Å²) in [5.74, 6) is 0.570. The molecule has 1 N–H and O–H groups in total. The Kier molecular flexibility index (Phi) is 6.98. The summed E-state index contributed by atoms with van der Waals surface area (Å²) < 4.78 is 7.82. The molecule has 1 amide bonds. The van der Waals surface area contributed by atoms with Crippen molar-refractivity contribution in [2.45, 2.75) is 38.8 Å². The lowest BCUT2D eigenvalue weighted by molar-refractivity contribution is -0.114. The van der Waals surface area contributed by atoms with E-state index in [1.165, 1.54) is 12.5 Å². The normalized spacial score (nSPS) is 16.9. The van der Waals surface area contributed by atoms with Crippen LogP contribution in [0.1, 0.15) is 43.5 Å². The zero-order chi connectivity index (χ0) is 25.9. The highest BCUT2D eigenvalue weighted by Crippen LogP contribution is 2.32. The average molecular weight is 509 g/mol. The van der Waals surface area contributed by atoms with Gasteiger partial charge in [0.05, 0.1) is 25.2 Å². The summed E-state index contributed by atoms with van der Waals surface area (Å²) >= 11 is 0. The molecule has 1 saturated heterocycles. The van der Waals surface area contributed by atoms with Crippen LogP contribution in [0, 0.1) is 0 Å². The molecular formula is C30H32N6O2. The van der Waals surface area contributed by atoms with Crippen LogP contribution in [0.3, 0.4) is 0 Å². The average Bonchev–Trinajstić information content (AvgIpc) is 3.38. The number of ether oxygens (including phenoxy) is 1. The van der Waals surface area contributed by atoms with Crippen LogP contribution in [0.15, 0.2) is 67.0 Å². The first-order chi connectivity index (χ1) is 18.6. The molecule has 0 spiro atoms. The van der Waals surface area contributed by atoms with Crippen LogP contribution in [0.5, 0.6) is 0 Å². The molecule has 2 aromatic heterocycles. The largest absolute Gasteiger partial charge is 0.377 e. The molecule has 194 valence electrons. The van der Waals surface area contributed by atoms with Crippen molar-refractivity contribution >= 4 is 28.3 Å². The monoisotopic (exact) mass is 508 g/mol. The molecule has 4 heterocycles. The SMILES string of the molecule is CC(=O)Nc1ccc(-c2nc(C3=CCOCC3)c3ncn(C4CCN(Cc5ccccc5)CC4)c3n2)cc1. The van der Waals surface area contributed by atoms with Gasteiger partial charge in [0.1, 0.15) is 5.52 Å². The van der Waals surface area contributed by atoms with E-state index in [9.17, 15) is 4.79 Å². The predicted octanol–water partition coefficient (Wildman–Crippen LogP) is 5.09. The van der Waals surface area contributed by atoms with Gasteiger partial charge in [-0.05, 0) is 54.7 Å². The van der Waals surface area contributed by atoms with Crippen molar-refractivity contribution in [3.63, 3.8) is 0 Å². The van der Waals surface area contributed by atoms with Crippen LogP contribution in [0.2, 0.25) is 0 Å². The maximum absolute atomic E-state index is 11.4. The molecule has 0 bridgehead atoms. The van der Waals surface area contributed by atoms with Crippen LogP contribution in [0.4, 0.5) is 5.69 Å². The van der Waals surface area contributed by atoms with Crippen LogP contribution in [0.25, 0.3) is 28.1 Å². The van der Waals surface area contributed by atoms with Gasteiger partial charge in [0.2, 0.25) is 5.91 Å². The molecule has 4 aromatic rings. The third-order valence-corrected chi connectivity index (χ3v) is 7.35. The maximum Gasteiger partial charge on any atom is 0.221 e. The Labute approximate surface area is 222 Å². The minimum Gasteiger partial charge on any atom is -0.377 e. The molecule has 0 radical (unpaired) electrons. The quantitative estimate of drug-likeness (QED) is 0.390. The number of amides is 1. The Balaban J connectivity index is 1.31. The number of carbonyl (C=O) groups is 1. The summed E-state index contributed by atoms with van der Waals surface area (Å²) in [6, 6.07) is 18.7. The fraction of sp³-hybridized carbons (Fsp3) is 0.333. The van der Waals surface area contributed by atoms with E-state index >= 15 is 0 Å². The number of likely N-dealkylation sites (tertiary alicyclic amines) is 1. The molecule has 2 aliphatic heterocycles. The van der Waals surface area contributed by atoms with Gasteiger partial charge in [-0.2, -0.15) is 0 Å². The van der Waals surface area contributed by atoms with Crippen molar-refractivity contribution in [1.29, 1.82) is 0 Å². The first kappa shape index (κ1) is 24.5. The summed E-state index contributed by atoms with van der Waals surface area (Å²) in [6.45, 7) is 5.83. The third-order valence-electron chi connectivity index (χ3n) is 7.35. The number of fused-ring (bicyclic) bond motifs is 1. The second kappa shape index (κ2) is 10.8. The van der Waals surface area contributed by atoms with E-state index in [0.29, 0.717) is 25.1 Å². The predicted molar refractivity (Wildman–Crippen MR) is 148 cm³/mol. The number of carbonyl (C=O) groups excluding carboxylic acids is 1. The lowest BCUT2D eigenvalue weighted by Crippen LogP contribution is -2.34. The van der Waals surface area contributed by atoms with Gasteiger partial charge in [-0.25, -0.2) is 15.0 Å². The van der Waals surface area contributed by atoms with Gasteiger partial charge in [-0.15, -0.1) is 0 Å². The Hall–Kier alpha value is -3.88. The molecule has 0 unspecified atom stereocenters. The minimum absolute atomic E-state index is 0.0946. The molecular weight excluding hydrogens is 476 g/mol. The molecule has 8 heteroatoms. The van der Waals surface area contributed by atoms with E-state index in [0.717, 1.165) is 72.6 Å². The Morgan fingerprint density at radius 1 is 1.05 bits per heavy atom. The molecule has 0 saturated carbocycles. The molecule has 8 nitrogen and oxygen atoms in total. The summed E-state index contributed by atoms with van der Waals surface area (Å²) in [5, 5.41) is 2.82. The van der Waals surface area contributed by atoms with Crippen molar-refractivity contribution in [2.75, 3.05) is 31.6 Å². The third kappa shape index (κ3) is 5.23. The second-order valence-corrected chi connectivity index (χ2v) is 10.0. The van der Waals surface area contributed by atoms with Gasteiger partial charge in [-0.3, -0.25) is 9.69 Å². The standard InChI is InChI=1S/C30H32N6O2/c1-21(37)32-25-9-7-24(8-10-25)29-33-27(23-13-17-38-18-14-23)28-30(34-29)36(20-31-28)26-11-15-35(16-12-26)19-22-5-3-2-4-6-22/h2-10,13,20,26H,11-12,14-19H2,1H3,(H,32,37). The van der Waals surface area contributed by atoms with Crippen molar-refractivity contribution < 1.29 is 9.53 Å². The minimum atomic E-state index is -0.0946. The van der Waals surface area contributed by atoms with E-state index in [2.05, 4.69) is 51.2 Å². The van der Waals surface area contributed by atoms with E-state index in [4.69, 9.17) is 19.7 Å².